The molecule has 1 aliphatic heterocycles. The second-order valence-electron chi connectivity index (χ2n) is 5.67. The summed E-state index contributed by atoms with van der Waals surface area (Å²) in [6.07, 6.45) is 5.26. The van der Waals surface area contributed by atoms with E-state index < -0.39 is 11.2 Å². The Labute approximate surface area is 95.7 Å². The number of hydrogen-bond donors (Lipinski definition) is 1. The molecule has 0 aromatic carbocycles. The highest BCUT2D eigenvalue weighted by Gasteiger charge is 2.82. The first-order chi connectivity index (χ1) is 7.54. The van der Waals surface area contributed by atoms with Crippen molar-refractivity contribution in [3.05, 3.63) is 12.7 Å². The van der Waals surface area contributed by atoms with Crippen LogP contribution in [-0.2, 0) is 4.74 Å². The molecule has 16 heavy (non-hydrogen) atoms. The summed E-state index contributed by atoms with van der Waals surface area (Å²) in [5, 5.41) is 19.9. The third kappa shape index (κ3) is 0.804. The molecule has 1 spiro atoms. The average Bonchev–Trinajstić information content (AvgIpc) is 2.99. The summed E-state index contributed by atoms with van der Waals surface area (Å²) in [4.78, 5) is 0. The number of rotatable bonds is 1. The first-order valence-electron chi connectivity index (χ1n) is 5.97. The third-order valence-corrected chi connectivity index (χ3v) is 5.16. The second kappa shape index (κ2) is 2.69. The summed E-state index contributed by atoms with van der Waals surface area (Å²) in [7, 11) is 0. The van der Waals surface area contributed by atoms with Crippen LogP contribution in [0.2, 0.25) is 0 Å². The first kappa shape index (κ1) is 10.3. The number of epoxide rings is 1. The molecule has 0 radical (unpaired) electrons. The van der Waals surface area contributed by atoms with E-state index in [-0.39, 0.29) is 17.4 Å². The molecule has 2 aliphatic carbocycles. The van der Waals surface area contributed by atoms with Crippen LogP contribution in [-0.4, -0.2) is 22.4 Å². The van der Waals surface area contributed by atoms with Crippen LogP contribution in [0.5, 0.6) is 0 Å². The summed E-state index contributed by atoms with van der Waals surface area (Å²) < 4.78 is 5.86. The molecule has 1 heterocycles. The largest absolute Gasteiger partial charge is 0.383 e. The van der Waals surface area contributed by atoms with Crippen LogP contribution in [0.1, 0.15) is 32.6 Å². The zero-order valence-corrected chi connectivity index (χ0v) is 9.57. The molecule has 0 amide bonds. The molecule has 2 saturated carbocycles. The molecular formula is C13H17NO2. The van der Waals surface area contributed by atoms with E-state index >= 15 is 0 Å². The van der Waals surface area contributed by atoms with Crippen LogP contribution in [0.3, 0.4) is 0 Å². The number of ether oxygens (including phenoxy) is 1. The molecule has 1 N–H and O–H groups in total. The predicted molar refractivity (Wildman–Crippen MR) is 58.4 cm³/mol. The fourth-order valence-electron chi connectivity index (χ4n) is 4.21. The topological polar surface area (TPSA) is 56.5 Å². The van der Waals surface area contributed by atoms with Gasteiger partial charge < -0.3 is 9.84 Å². The maximum atomic E-state index is 10.7. The highest BCUT2D eigenvalue weighted by Crippen LogP contribution is 2.72. The van der Waals surface area contributed by atoms with Gasteiger partial charge in [0.1, 0.15) is 11.2 Å². The molecule has 0 aromatic rings. The van der Waals surface area contributed by atoms with Gasteiger partial charge in [0, 0.05) is 5.41 Å². The van der Waals surface area contributed by atoms with E-state index in [9.17, 15) is 10.4 Å². The molecule has 3 nitrogen and oxygen atoms in total. The van der Waals surface area contributed by atoms with Crippen molar-refractivity contribution in [3.8, 4) is 6.07 Å². The van der Waals surface area contributed by atoms with Crippen molar-refractivity contribution in [2.24, 2.45) is 11.3 Å². The molecule has 1 saturated heterocycles. The van der Waals surface area contributed by atoms with Gasteiger partial charge in [-0.15, -0.1) is 6.58 Å². The molecule has 3 fully saturated rings. The zero-order valence-electron chi connectivity index (χ0n) is 9.57. The molecule has 0 bridgehead atoms. The third-order valence-electron chi connectivity index (χ3n) is 5.16. The zero-order chi connectivity index (χ0) is 11.6. The molecule has 86 valence electrons. The lowest BCUT2D eigenvalue weighted by molar-refractivity contribution is -0.0169. The van der Waals surface area contributed by atoms with Crippen LogP contribution in [0.4, 0.5) is 0 Å². The highest BCUT2D eigenvalue weighted by atomic mass is 16.6. The second-order valence-corrected chi connectivity index (χ2v) is 5.67. The molecule has 0 unspecified atom stereocenters. The van der Waals surface area contributed by atoms with Gasteiger partial charge >= 0.3 is 0 Å². The van der Waals surface area contributed by atoms with Gasteiger partial charge in [0.15, 0.2) is 0 Å². The van der Waals surface area contributed by atoms with E-state index in [2.05, 4.69) is 19.6 Å². The Morgan fingerprint density at radius 1 is 1.62 bits per heavy atom. The van der Waals surface area contributed by atoms with E-state index in [1.54, 1.807) is 6.08 Å². The predicted octanol–water partition coefficient (Wildman–Crippen LogP) is 1.77. The maximum Gasteiger partial charge on any atom is 0.133 e. The standard InChI is InChI=1S/C13H17NO2/c1-3-12(15)7-9(8-14)11(2)6-4-5-10-13(11,12)16-10/h3,9-10,15H,1,4-7H2,2H3/t9-,10+,11-,12-,13+/m0/s1. The Hall–Kier alpha value is -0.850. The quantitative estimate of drug-likeness (QED) is 0.540. The van der Waals surface area contributed by atoms with Gasteiger partial charge in [-0.25, -0.2) is 0 Å². The SMILES string of the molecule is C=C[C@]1(O)C[C@@H](C#N)[C@]2(C)CCC[C@H]3O[C@]321. The van der Waals surface area contributed by atoms with E-state index in [1.165, 1.54) is 0 Å². The van der Waals surface area contributed by atoms with E-state index in [4.69, 9.17) is 4.74 Å². The summed E-state index contributed by atoms with van der Waals surface area (Å²) >= 11 is 0. The number of nitriles is 1. The maximum absolute atomic E-state index is 10.7. The highest BCUT2D eigenvalue weighted by molar-refractivity contribution is 5.36. The Morgan fingerprint density at radius 2 is 2.38 bits per heavy atom. The van der Waals surface area contributed by atoms with Crippen molar-refractivity contribution < 1.29 is 9.84 Å². The lowest BCUT2D eigenvalue weighted by Gasteiger charge is -2.38. The Bertz CT molecular complexity index is 401. The molecule has 0 aromatic heterocycles. The lowest BCUT2D eigenvalue weighted by atomic mass is 9.63. The molecule has 5 atom stereocenters. The molecule has 3 heteroatoms. The monoisotopic (exact) mass is 219 g/mol. The van der Waals surface area contributed by atoms with Crippen molar-refractivity contribution in [1.29, 1.82) is 5.26 Å². The van der Waals surface area contributed by atoms with Gasteiger partial charge in [0.25, 0.3) is 0 Å². The fourth-order valence-corrected chi connectivity index (χ4v) is 4.21. The lowest BCUT2D eigenvalue weighted by Crippen LogP contribution is -2.50. The van der Waals surface area contributed by atoms with Crippen molar-refractivity contribution in [2.75, 3.05) is 0 Å². The Morgan fingerprint density at radius 3 is 3.00 bits per heavy atom. The van der Waals surface area contributed by atoms with Crippen molar-refractivity contribution in [2.45, 2.75) is 49.9 Å². The summed E-state index contributed by atoms with van der Waals surface area (Å²) in [6, 6.07) is 2.36. The van der Waals surface area contributed by atoms with Gasteiger partial charge in [0.05, 0.1) is 18.1 Å². The van der Waals surface area contributed by atoms with Crippen LogP contribution < -0.4 is 0 Å². The van der Waals surface area contributed by atoms with Crippen molar-refractivity contribution >= 4 is 0 Å². The van der Waals surface area contributed by atoms with Crippen molar-refractivity contribution in [1.82, 2.24) is 0 Å². The van der Waals surface area contributed by atoms with Crippen LogP contribution in [0.15, 0.2) is 12.7 Å². The smallest absolute Gasteiger partial charge is 0.133 e. The molecular weight excluding hydrogens is 202 g/mol. The minimum Gasteiger partial charge on any atom is -0.383 e. The van der Waals surface area contributed by atoms with Gasteiger partial charge in [-0.1, -0.05) is 19.4 Å². The van der Waals surface area contributed by atoms with Crippen LogP contribution in [0, 0.1) is 22.7 Å². The molecule has 3 aliphatic rings. The summed E-state index contributed by atoms with van der Waals surface area (Å²) in [6.45, 7) is 5.84. The van der Waals surface area contributed by atoms with Gasteiger partial charge in [0.2, 0.25) is 0 Å². The number of hydrogen-bond acceptors (Lipinski definition) is 3. The van der Waals surface area contributed by atoms with Gasteiger partial charge in [-0.2, -0.15) is 5.26 Å². The van der Waals surface area contributed by atoms with Crippen molar-refractivity contribution in [3.63, 3.8) is 0 Å². The normalized spacial score (nSPS) is 58.3. The minimum absolute atomic E-state index is 0.124. The minimum atomic E-state index is -1.01. The van der Waals surface area contributed by atoms with E-state index in [0.717, 1.165) is 19.3 Å². The summed E-state index contributed by atoms with van der Waals surface area (Å²) in [5.74, 6) is -0.124. The molecule has 3 rings (SSSR count). The summed E-state index contributed by atoms with van der Waals surface area (Å²) in [5.41, 5.74) is -1.72. The Kier molecular flexibility index (Phi) is 1.74. The van der Waals surface area contributed by atoms with E-state index in [0.29, 0.717) is 6.42 Å². The van der Waals surface area contributed by atoms with Crippen LogP contribution >= 0.6 is 0 Å². The van der Waals surface area contributed by atoms with Crippen LogP contribution in [0.25, 0.3) is 0 Å². The number of aliphatic hydroxyl groups is 1. The Balaban J connectivity index is 2.13. The fraction of sp³-hybridized carbons (Fsp3) is 0.769. The van der Waals surface area contributed by atoms with E-state index in [1.807, 2.05) is 0 Å². The average molecular weight is 219 g/mol. The first-order valence-corrected chi connectivity index (χ1v) is 5.97. The van der Waals surface area contributed by atoms with Gasteiger partial charge in [-0.05, 0) is 19.3 Å². The number of nitrogens with zero attached hydrogens (tertiary/aromatic N) is 1. The van der Waals surface area contributed by atoms with Gasteiger partial charge in [-0.3, -0.25) is 0 Å².